The Labute approximate surface area is 163 Å². The van der Waals surface area contributed by atoms with E-state index < -0.39 is 0 Å². The first-order chi connectivity index (χ1) is 12.4. The quantitative estimate of drug-likeness (QED) is 0.493. The summed E-state index contributed by atoms with van der Waals surface area (Å²) in [4.78, 5) is 25.1. The summed E-state index contributed by atoms with van der Waals surface area (Å²) in [5.41, 5.74) is 1.34. The maximum absolute atomic E-state index is 12.1. The van der Waals surface area contributed by atoms with Crippen LogP contribution in [-0.2, 0) is 4.79 Å². The minimum absolute atomic E-state index is 0.0864. The van der Waals surface area contributed by atoms with Crippen LogP contribution in [-0.4, -0.2) is 23.6 Å². The first kappa shape index (κ1) is 20.3. The molecule has 6 heteroatoms. The predicted octanol–water partition coefficient (Wildman–Crippen LogP) is 4.99. The van der Waals surface area contributed by atoms with Crippen molar-refractivity contribution in [2.24, 2.45) is 0 Å². The van der Waals surface area contributed by atoms with E-state index in [0.29, 0.717) is 40.9 Å². The van der Waals surface area contributed by atoms with Crippen molar-refractivity contribution in [1.29, 1.82) is 0 Å². The number of anilines is 1. The third kappa shape index (κ3) is 7.10. The fraction of sp³-hybridized carbons (Fsp3) is 0.300. The van der Waals surface area contributed by atoms with Crippen molar-refractivity contribution in [2.75, 3.05) is 11.9 Å². The molecule has 2 aromatic carbocycles. The molecule has 0 aromatic heterocycles. The highest BCUT2D eigenvalue weighted by Gasteiger charge is 2.07. The number of nitrogens with one attached hydrogen (secondary N) is 2. The Morgan fingerprint density at radius 2 is 1.69 bits per heavy atom. The highest BCUT2D eigenvalue weighted by molar-refractivity contribution is 7.99. The summed E-state index contributed by atoms with van der Waals surface area (Å²) < 4.78 is 0. The topological polar surface area (TPSA) is 58.2 Å². The second kappa shape index (κ2) is 10.2. The number of benzene rings is 2. The summed E-state index contributed by atoms with van der Waals surface area (Å²) in [6.07, 6.45) is 0.916. The highest BCUT2D eigenvalue weighted by Crippen LogP contribution is 2.22. The maximum Gasteiger partial charge on any atom is 0.251 e. The average Bonchev–Trinajstić information content (AvgIpc) is 2.60. The van der Waals surface area contributed by atoms with Crippen molar-refractivity contribution in [2.45, 2.75) is 36.8 Å². The van der Waals surface area contributed by atoms with Crippen LogP contribution < -0.4 is 10.6 Å². The van der Waals surface area contributed by atoms with Gasteiger partial charge in [-0.15, -0.1) is 11.8 Å². The van der Waals surface area contributed by atoms with Crippen LogP contribution in [0.2, 0.25) is 5.02 Å². The molecule has 2 N–H and O–H groups in total. The lowest BCUT2D eigenvalue weighted by atomic mass is 10.2. The third-order valence-electron chi connectivity index (χ3n) is 3.48. The largest absolute Gasteiger partial charge is 0.352 e. The summed E-state index contributed by atoms with van der Waals surface area (Å²) in [6, 6.07) is 14.5. The van der Waals surface area contributed by atoms with Gasteiger partial charge in [0.1, 0.15) is 0 Å². The summed E-state index contributed by atoms with van der Waals surface area (Å²) >= 11 is 7.57. The minimum atomic E-state index is -0.121. The number of hydrogen-bond acceptors (Lipinski definition) is 3. The zero-order chi connectivity index (χ0) is 18.9. The molecule has 0 spiro atoms. The van der Waals surface area contributed by atoms with Crippen LogP contribution in [0.3, 0.4) is 0 Å². The molecule has 0 atom stereocenters. The van der Waals surface area contributed by atoms with Crippen LogP contribution in [0.1, 0.15) is 37.0 Å². The van der Waals surface area contributed by atoms with Gasteiger partial charge >= 0.3 is 0 Å². The van der Waals surface area contributed by atoms with Gasteiger partial charge in [0, 0.05) is 39.4 Å². The van der Waals surface area contributed by atoms with Crippen molar-refractivity contribution in [3.63, 3.8) is 0 Å². The molecular weight excluding hydrogens is 368 g/mol. The Morgan fingerprint density at radius 3 is 2.31 bits per heavy atom. The van der Waals surface area contributed by atoms with Crippen molar-refractivity contribution < 1.29 is 9.59 Å². The van der Waals surface area contributed by atoms with E-state index in [4.69, 9.17) is 11.6 Å². The maximum atomic E-state index is 12.1. The molecule has 138 valence electrons. The van der Waals surface area contributed by atoms with Crippen LogP contribution >= 0.6 is 23.4 Å². The lowest BCUT2D eigenvalue weighted by molar-refractivity contribution is -0.116. The number of carbonyl (C=O) groups is 2. The number of hydrogen-bond donors (Lipinski definition) is 2. The van der Waals surface area contributed by atoms with Gasteiger partial charge in [-0.1, -0.05) is 25.4 Å². The first-order valence-electron chi connectivity index (χ1n) is 8.54. The summed E-state index contributed by atoms with van der Waals surface area (Å²) in [5, 5.41) is 6.78. The molecule has 0 aliphatic heterocycles. The highest BCUT2D eigenvalue weighted by atomic mass is 35.5. The smallest absolute Gasteiger partial charge is 0.251 e. The van der Waals surface area contributed by atoms with Gasteiger partial charge in [0.2, 0.25) is 5.91 Å². The molecule has 2 aromatic rings. The summed E-state index contributed by atoms with van der Waals surface area (Å²) in [6.45, 7) is 4.72. The molecule has 0 unspecified atom stereocenters. The fourth-order valence-electron chi connectivity index (χ4n) is 2.27. The zero-order valence-corrected chi connectivity index (χ0v) is 16.5. The second-order valence-corrected chi connectivity index (χ2v) is 8.19. The molecule has 0 fully saturated rings. The standard InChI is InChI=1S/C20H23ClN2O2S/c1-14(2)26-18-11-5-15(6-12-18)20(25)22-13-3-4-19(24)23-17-9-7-16(21)8-10-17/h5-12,14H,3-4,13H2,1-2H3,(H,22,25)(H,23,24). The monoisotopic (exact) mass is 390 g/mol. The Morgan fingerprint density at radius 1 is 1.04 bits per heavy atom. The van der Waals surface area contributed by atoms with Crippen molar-refractivity contribution in [3.05, 3.63) is 59.1 Å². The van der Waals surface area contributed by atoms with E-state index in [2.05, 4.69) is 24.5 Å². The molecular formula is C20H23ClN2O2S. The molecule has 2 rings (SSSR count). The molecule has 0 saturated carbocycles. The number of rotatable bonds is 8. The molecule has 4 nitrogen and oxygen atoms in total. The lowest BCUT2D eigenvalue weighted by Gasteiger charge is -2.08. The van der Waals surface area contributed by atoms with E-state index in [0.717, 1.165) is 4.90 Å². The van der Waals surface area contributed by atoms with Crippen molar-refractivity contribution >= 4 is 40.9 Å². The van der Waals surface area contributed by atoms with Gasteiger partial charge < -0.3 is 10.6 Å². The molecule has 26 heavy (non-hydrogen) atoms. The number of thioether (sulfide) groups is 1. The van der Waals surface area contributed by atoms with Crippen LogP contribution in [0.4, 0.5) is 5.69 Å². The number of carbonyl (C=O) groups excluding carboxylic acids is 2. The number of halogens is 1. The minimum Gasteiger partial charge on any atom is -0.352 e. The lowest BCUT2D eigenvalue weighted by Crippen LogP contribution is -2.25. The Kier molecular flexibility index (Phi) is 8.01. The van der Waals surface area contributed by atoms with Crippen molar-refractivity contribution in [1.82, 2.24) is 5.32 Å². The molecule has 0 radical (unpaired) electrons. The van der Waals surface area contributed by atoms with Gasteiger partial charge in [-0.2, -0.15) is 0 Å². The van der Waals surface area contributed by atoms with Gasteiger partial charge in [0.05, 0.1) is 0 Å². The molecule has 0 heterocycles. The predicted molar refractivity (Wildman–Crippen MR) is 109 cm³/mol. The Balaban J connectivity index is 1.69. The molecule has 0 saturated heterocycles. The molecule has 0 aliphatic carbocycles. The van der Waals surface area contributed by atoms with E-state index in [9.17, 15) is 9.59 Å². The van der Waals surface area contributed by atoms with E-state index in [1.807, 2.05) is 24.3 Å². The van der Waals surface area contributed by atoms with Crippen LogP contribution in [0.5, 0.6) is 0 Å². The van der Waals surface area contributed by atoms with E-state index >= 15 is 0 Å². The van der Waals surface area contributed by atoms with Gasteiger partial charge in [0.25, 0.3) is 5.91 Å². The van der Waals surface area contributed by atoms with E-state index in [1.54, 1.807) is 36.0 Å². The van der Waals surface area contributed by atoms with Gasteiger partial charge in [-0.3, -0.25) is 9.59 Å². The van der Waals surface area contributed by atoms with E-state index in [-0.39, 0.29) is 11.8 Å². The normalized spacial score (nSPS) is 10.6. The van der Waals surface area contributed by atoms with E-state index in [1.165, 1.54) is 0 Å². The Hall–Kier alpha value is -1.98. The third-order valence-corrected chi connectivity index (χ3v) is 4.75. The van der Waals surface area contributed by atoms with Crippen LogP contribution in [0.15, 0.2) is 53.4 Å². The van der Waals surface area contributed by atoms with Gasteiger partial charge in [0.15, 0.2) is 0 Å². The summed E-state index contributed by atoms with van der Waals surface area (Å²) in [7, 11) is 0. The Bertz CT molecular complexity index is 730. The van der Waals surface area contributed by atoms with Gasteiger partial charge in [-0.25, -0.2) is 0 Å². The molecule has 0 bridgehead atoms. The average molecular weight is 391 g/mol. The molecule has 0 aliphatic rings. The molecule has 2 amide bonds. The van der Waals surface area contributed by atoms with Crippen LogP contribution in [0.25, 0.3) is 0 Å². The van der Waals surface area contributed by atoms with Crippen LogP contribution in [0, 0.1) is 0 Å². The summed E-state index contributed by atoms with van der Waals surface area (Å²) in [5.74, 6) is -0.208. The second-order valence-electron chi connectivity index (χ2n) is 6.11. The first-order valence-corrected chi connectivity index (χ1v) is 9.80. The van der Waals surface area contributed by atoms with Gasteiger partial charge in [-0.05, 0) is 55.0 Å². The van der Waals surface area contributed by atoms with Crippen molar-refractivity contribution in [3.8, 4) is 0 Å². The zero-order valence-electron chi connectivity index (χ0n) is 14.9. The SMILES string of the molecule is CC(C)Sc1ccc(C(=O)NCCCC(=O)Nc2ccc(Cl)cc2)cc1. The fourth-order valence-corrected chi connectivity index (χ4v) is 3.23. The number of amides is 2.